The van der Waals surface area contributed by atoms with Crippen molar-refractivity contribution in [2.24, 2.45) is 46.3 Å². The minimum atomic E-state index is -1.50. The summed E-state index contributed by atoms with van der Waals surface area (Å²) in [6.45, 7) is 26.8. The van der Waals surface area contributed by atoms with Crippen LogP contribution in [0.15, 0.2) is 11.6 Å². The molecule has 0 aromatic carbocycles. The smallest absolute Gasteiger partial charge is 0.184 e. The Bertz CT molecular complexity index is 823. The summed E-state index contributed by atoms with van der Waals surface area (Å²) in [6, 6.07) is 0. The minimum absolute atomic E-state index is 0.436. The van der Waals surface area contributed by atoms with Crippen LogP contribution in [0.3, 0.4) is 0 Å². The maximum atomic E-state index is 6.64. The molecule has 0 saturated heterocycles. The van der Waals surface area contributed by atoms with Crippen molar-refractivity contribution < 1.29 is 8.85 Å². The fourth-order valence-corrected chi connectivity index (χ4v) is 12.3. The van der Waals surface area contributed by atoms with E-state index in [2.05, 4.69) is 80.0 Å². The zero-order valence-electron chi connectivity index (χ0n) is 26.6. The molecule has 0 aromatic rings. The summed E-state index contributed by atoms with van der Waals surface area (Å²) in [5.74, 6) is 5.09. The lowest BCUT2D eigenvalue weighted by atomic mass is 9.47. The van der Waals surface area contributed by atoms with E-state index in [0.29, 0.717) is 29.0 Å². The van der Waals surface area contributed by atoms with Crippen LogP contribution in [0.25, 0.3) is 0 Å². The summed E-state index contributed by atoms with van der Waals surface area (Å²) in [5.41, 5.74) is 2.76. The molecule has 0 spiro atoms. The van der Waals surface area contributed by atoms with Crippen LogP contribution in [-0.2, 0) is 8.85 Å². The first-order chi connectivity index (χ1) is 17.0. The zero-order valence-corrected chi connectivity index (χ0v) is 28.6. The third-order valence-electron chi connectivity index (χ3n) is 11.5. The van der Waals surface area contributed by atoms with E-state index < -0.39 is 16.6 Å². The fraction of sp³-hybridized carbons (Fsp3) is 0.939. The van der Waals surface area contributed by atoms with Crippen LogP contribution in [0.2, 0.25) is 39.3 Å². The Balaban J connectivity index is 1.43. The van der Waals surface area contributed by atoms with Crippen molar-refractivity contribution in [1.82, 2.24) is 0 Å². The van der Waals surface area contributed by atoms with Crippen LogP contribution in [0, 0.1) is 46.3 Å². The van der Waals surface area contributed by atoms with Gasteiger partial charge in [-0.05, 0) is 150 Å². The van der Waals surface area contributed by atoms with Crippen LogP contribution in [0.5, 0.6) is 0 Å². The van der Waals surface area contributed by atoms with Gasteiger partial charge in [0.2, 0.25) is 0 Å². The van der Waals surface area contributed by atoms with Crippen LogP contribution in [0.4, 0.5) is 0 Å². The molecule has 4 aliphatic rings. The molecule has 0 bridgehead atoms. The zero-order chi connectivity index (χ0) is 27.4. The van der Waals surface area contributed by atoms with Gasteiger partial charge in [-0.15, -0.1) is 0 Å². The predicted molar refractivity (Wildman–Crippen MR) is 165 cm³/mol. The van der Waals surface area contributed by atoms with Crippen molar-refractivity contribution in [1.29, 1.82) is 0 Å². The van der Waals surface area contributed by atoms with E-state index in [0.717, 1.165) is 29.6 Å². The minimum Gasteiger partial charge on any atom is -0.414 e. The molecule has 0 heterocycles. The van der Waals surface area contributed by atoms with Gasteiger partial charge < -0.3 is 8.85 Å². The Morgan fingerprint density at radius 1 is 0.865 bits per heavy atom. The highest BCUT2D eigenvalue weighted by molar-refractivity contribution is 6.70. The van der Waals surface area contributed by atoms with Gasteiger partial charge in [0.05, 0.1) is 0 Å². The van der Waals surface area contributed by atoms with E-state index in [1.807, 2.05) is 0 Å². The topological polar surface area (TPSA) is 18.5 Å². The first kappa shape index (κ1) is 30.1. The summed E-state index contributed by atoms with van der Waals surface area (Å²) >= 11 is 0. The number of hydrogen-bond donors (Lipinski definition) is 0. The van der Waals surface area contributed by atoms with Crippen LogP contribution in [0.1, 0.15) is 98.8 Å². The van der Waals surface area contributed by atoms with E-state index >= 15 is 0 Å². The molecule has 214 valence electrons. The van der Waals surface area contributed by atoms with Crippen molar-refractivity contribution in [3.05, 3.63) is 11.6 Å². The molecule has 0 aromatic heterocycles. The summed E-state index contributed by atoms with van der Waals surface area (Å²) < 4.78 is 13.2. The lowest BCUT2D eigenvalue weighted by molar-refractivity contribution is -0.0568. The maximum Gasteiger partial charge on any atom is 0.184 e. The van der Waals surface area contributed by atoms with Gasteiger partial charge in [-0.1, -0.05) is 46.3 Å². The Morgan fingerprint density at radius 3 is 2.19 bits per heavy atom. The first-order valence-electron chi connectivity index (χ1n) is 16.1. The average Bonchev–Trinajstić information content (AvgIpc) is 3.12. The molecule has 8 unspecified atom stereocenters. The monoisotopic (exact) mass is 546 g/mol. The van der Waals surface area contributed by atoms with Crippen molar-refractivity contribution in [2.45, 2.75) is 150 Å². The number of fused-ring (bicyclic) bond motifs is 5. The highest BCUT2D eigenvalue weighted by atomic mass is 28.4. The van der Waals surface area contributed by atoms with Gasteiger partial charge in [0.15, 0.2) is 16.6 Å². The SMILES string of the molecule is CC(C)C(CCC(C)C1CCC2C3CC=C4C[C@@H](O[Si](C)(C)C)CCC4(C)C3CCC12C)O[Si](C)(C)C. The molecule has 4 aliphatic carbocycles. The largest absolute Gasteiger partial charge is 0.414 e. The van der Waals surface area contributed by atoms with Gasteiger partial charge >= 0.3 is 0 Å². The number of rotatable bonds is 9. The first-order valence-corrected chi connectivity index (χ1v) is 22.9. The van der Waals surface area contributed by atoms with Crippen molar-refractivity contribution in [2.75, 3.05) is 0 Å². The maximum absolute atomic E-state index is 6.64. The van der Waals surface area contributed by atoms with E-state index in [-0.39, 0.29) is 0 Å². The quantitative estimate of drug-likeness (QED) is 0.211. The van der Waals surface area contributed by atoms with Crippen LogP contribution >= 0.6 is 0 Å². The lowest BCUT2D eigenvalue weighted by Crippen LogP contribution is -2.51. The summed E-state index contributed by atoms with van der Waals surface area (Å²) in [5, 5.41) is 0. The normalized spacial score (nSPS) is 40.0. The van der Waals surface area contributed by atoms with E-state index in [9.17, 15) is 0 Å². The fourth-order valence-electron chi connectivity index (χ4n) is 9.81. The Kier molecular flexibility index (Phi) is 8.79. The van der Waals surface area contributed by atoms with Crippen LogP contribution < -0.4 is 0 Å². The van der Waals surface area contributed by atoms with E-state index in [1.54, 1.807) is 5.57 Å². The van der Waals surface area contributed by atoms with Crippen molar-refractivity contribution >= 4 is 16.6 Å². The van der Waals surface area contributed by atoms with Gasteiger partial charge in [0.1, 0.15) is 0 Å². The summed E-state index contributed by atoms with van der Waals surface area (Å²) in [6.07, 6.45) is 17.3. The predicted octanol–water partition coefficient (Wildman–Crippen LogP) is 10.1. The molecule has 2 nitrogen and oxygen atoms in total. The molecule has 0 radical (unpaired) electrons. The number of allylic oxidation sites excluding steroid dienone is 1. The molecule has 4 heteroatoms. The lowest BCUT2D eigenvalue weighted by Gasteiger charge is -2.58. The third-order valence-corrected chi connectivity index (χ3v) is 13.5. The molecule has 9 atom stereocenters. The van der Waals surface area contributed by atoms with Gasteiger partial charge in [0.25, 0.3) is 0 Å². The molecular formula is C33H62O2Si2. The molecule has 3 fully saturated rings. The molecule has 0 aliphatic heterocycles. The Morgan fingerprint density at radius 2 is 1.57 bits per heavy atom. The Hall–Kier alpha value is 0.0938. The highest BCUT2D eigenvalue weighted by Crippen LogP contribution is 2.67. The van der Waals surface area contributed by atoms with Gasteiger partial charge in [-0.3, -0.25) is 0 Å². The highest BCUT2D eigenvalue weighted by Gasteiger charge is 2.59. The van der Waals surface area contributed by atoms with Gasteiger partial charge in [0, 0.05) is 12.2 Å². The second-order valence-corrected chi connectivity index (χ2v) is 25.6. The molecule has 37 heavy (non-hydrogen) atoms. The second kappa shape index (κ2) is 10.8. The van der Waals surface area contributed by atoms with E-state index in [4.69, 9.17) is 8.85 Å². The Labute approximate surface area is 233 Å². The van der Waals surface area contributed by atoms with Crippen molar-refractivity contribution in [3.63, 3.8) is 0 Å². The molecule has 3 saturated carbocycles. The van der Waals surface area contributed by atoms with Gasteiger partial charge in [-0.2, -0.15) is 0 Å². The summed E-state index contributed by atoms with van der Waals surface area (Å²) in [7, 11) is -2.97. The van der Waals surface area contributed by atoms with E-state index in [1.165, 1.54) is 64.2 Å². The van der Waals surface area contributed by atoms with Crippen molar-refractivity contribution in [3.8, 4) is 0 Å². The average molecular weight is 547 g/mol. The standard InChI is InChI=1S/C33H62O2Si2/c1-23(2)31(35-37(9,10)11)17-12-24(3)28-15-16-29-27-14-13-25-22-26(34-36(6,7)8)18-20-32(25,4)30(27)19-21-33(28,29)5/h13,23-24,26-31H,12,14-22H2,1-11H3/t24?,26-,27?,28?,29?,30?,31?,32?,33?/m0/s1. The second-order valence-electron chi connectivity index (χ2n) is 16.7. The number of hydrogen-bond acceptors (Lipinski definition) is 2. The molecule has 0 amide bonds. The van der Waals surface area contributed by atoms with Crippen LogP contribution in [-0.4, -0.2) is 28.8 Å². The summed E-state index contributed by atoms with van der Waals surface area (Å²) in [4.78, 5) is 0. The van der Waals surface area contributed by atoms with Gasteiger partial charge in [-0.25, -0.2) is 0 Å². The molecular weight excluding hydrogens is 485 g/mol. The molecule has 0 N–H and O–H groups in total. The third kappa shape index (κ3) is 6.38. The molecule has 4 rings (SSSR count).